The molecule has 0 aromatic carbocycles. The zero-order valence-electron chi connectivity index (χ0n) is 13.7. The van der Waals surface area contributed by atoms with Crippen LogP contribution in [0.15, 0.2) is 23.1 Å². The van der Waals surface area contributed by atoms with Gasteiger partial charge in [-0.25, -0.2) is 0 Å². The maximum absolute atomic E-state index is 12.7. The monoisotopic (exact) mass is 347 g/mol. The lowest BCUT2D eigenvalue weighted by molar-refractivity contribution is -0.139. The van der Waals surface area contributed by atoms with Crippen LogP contribution in [-0.4, -0.2) is 40.4 Å². The summed E-state index contributed by atoms with van der Waals surface area (Å²) in [5, 5.41) is 2.62. The van der Waals surface area contributed by atoms with Crippen LogP contribution >= 0.6 is 0 Å². The molecule has 0 saturated carbocycles. The molecule has 0 saturated heterocycles. The zero-order valence-corrected chi connectivity index (χ0v) is 13.7. The van der Waals surface area contributed by atoms with Crippen molar-refractivity contribution >= 4 is 11.8 Å². The molecule has 0 radical (unpaired) electrons. The van der Waals surface area contributed by atoms with E-state index in [2.05, 4.69) is 5.32 Å². The van der Waals surface area contributed by atoms with Crippen LogP contribution in [0.5, 0.6) is 0 Å². The highest BCUT2D eigenvalue weighted by molar-refractivity contribution is 5.84. The molecule has 6 nitrogen and oxygen atoms in total. The standard InChI is InChI=1S/C15H20F3N3O3/c1-4-20(8-12(22)19-10(2)3)14(24)9-21-7-11(15(16,17)18)5-6-13(21)23/h5-7,10H,4,8-9H2,1-3H3,(H,19,22). The van der Waals surface area contributed by atoms with E-state index < -0.39 is 29.8 Å². The Balaban J connectivity index is 2.89. The van der Waals surface area contributed by atoms with Gasteiger partial charge in [-0.15, -0.1) is 0 Å². The quantitative estimate of drug-likeness (QED) is 0.842. The van der Waals surface area contributed by atoms with E-state index in [9.17, 15) is 27.6 Å². The largest absolute Gasteiger partial charge is 0.417 e. The minimum absolute atomic E-state index is 0.0996. The van der Waals surface area contributed by atoms with Crippen LogP contribution in [0.3, 0.4) is 0 Å². The first-order valence-electron chi connectivity index (χ1n) is 7.39. The number of amides is 2. The Labute approximate surface area is 137 Å². The number of hydrogen-bond acceptors (Lipinski definition) is 3. The van der Waals surface area contributed by atoms with Crippen molar-refractivity contribution < 1.29 is 22.8 Å². The Morgan fingerprint density at radius 1 is 1.29 bits per heavy atom. The van der Waals surface area contributed by atoms with Gasteiger partial charge in [0.15, 0.2) is 0 Å². The number of carbonyl (C=O) groups excluding carboxylic acids is 2. The molecule has 0 aliphatic rings. The molecule has 0 unspecified atom stereocenters. The van der Waals surface area contributed by atoms with Crippen LogP contribution in [0.2, 0.25) is 0 Å². The van der Waals surface area contributed by atoms with Gasteiger partial charge in [-0.3, -0.25) is 14.4 Å². The number of pyridine rings is 1. The first-order chi connectivity index (χ1) is 11.0. The lowest BCUT2D eigenvalue weighted by Gasteiger charge is -2.21. The first-order valence-corrected chi connectivity index (χ1v) is 7.39. The molecule has 1 aromatic heterocycles. The number of likely N-dealkylation sites (N-methyl/N-ethyl adjacent to an activating group) is 1. The summed E-state index contributed by atoms with van der Waals surface area (Å²) in [5.74, 6) is -0.991. The molecule has 24 heavy (non-hydrogen) atoms. The highest BCUT2D eigenvalue weighted by Crippen LogP contribution is 2.27. The van der Waals surface area contributed by atoms with Gasteiger partial charge in [0.05, 0.1) is 12.1 Å². The fourth-order valence-electron chi connectivity index (χ4n) is 1.99. The minimum Gasteiger partial charge on any atom is -0.352 e. The number of hydrogen-bond donors (Lipinski definition) is 1. The second kappa shape index (κ2) is 7.98. The van der Waals surface area contributed by atoms with Crippen molar-refractivity contribution in [3.05, 3.63) is 34.2 Å². The molecular formula is C15H20F3N3O3. The number of aromatic nitrogens is 1. The number of nitrogens with zero attached hydrogens (tertiary/aromatic N) is 2. The number of nitrogens with one attached hydrogen (secondary N) is 1. The summed E-state index contributed by atoms with van der Waals surface area (Å²) < 4.78 is 38.8. The normalized spacial score (nSPS) is 11.5. The molecule has 134 valence electrons. The second-order valence-corrected chi connectivity index (χ2v) is 5.51. The molecule has 0 bridgehead atoms. The van der Waals surface area contributed by atoms with E-state index in [0.29, 0.717) is 16.8 Å². The molecule has 0 fully saturated rings. The summed E-state index contributed by atoms with van der Waals surface area (Å²) in [7, 11) is 0. The number of carbonyl (C=O) groups is 2. The SMILES string of the molecule is CCN(CC(=O)NC(C)C)C(=O)Cn1cc(C(F)(F)F)ccc1=O. The van der Waals surface area contributed by atoms with E-state index >= 15 is 0 Å². The van der Waals surface area contributed by atoms with Crippen molar-refractivity contribution in [2.45, 2.75) is 39.5 Å². The van der Waals surface area contributed by atoms with Gasteiger partial charge in [0.2, 0.25) is 11.8 Å². The van der Waals surface area contributed by atoms with Crippen LogP contribution in [0, 0.1) is 0 Å². The molecule has 0 atom stereocenters. The minimum atomic E-state index is -4.61. The third kappa shape index (κ3) is 5.71. The Hall–Kier alpha value is -2.32. The van der Waals surface area contributed by atoms with Crippen LogP contribution in [-0.2, 0) is 22.3 Å². The Kier molecular flexibility index (Phi) is 6.56. The number of rotatable bonds is 6. The fraction of sp³-hybridized carbons (Fsp3) is 0.533. The summed E-state index contributed by atoms with van der Waals surface area (Å²) in [6.07, 6.45) is -4.01. The van der Waals surface area contributed by atoms with E-state index in [4.69, 9.17) is 0 Å². The van der Waals surface area contributed by atoms with E-state index in [1.165, 1.54) is 4.90 Å². The van der Waals surface area contributed by atoms with Gasteiger partial charge in [0.1, 0.15) is 6.54 Å². The maximum atomic E-state index is 12.7. The first kappa shape index (κ1) is 19.7. The van der Waals surface area contributed by atoms with Crippen LogP contribution < -0.4 is 10.9 Å². The molecule has 0 aliphatic carbocycles. The predicted octanol–water partition coefficient (Wildman–Crippen LogP) is 1.24. The molecule has 1 heterocycles. The average molecular weight is 347 g/mol. The molecule has 9 heteroatoms. The van der Waals surface area contributed by atoms with Crippen LogP contribution in [0.4, 0.5) is 13.2 Å². The summed E-state index contributed by atoms with van der Waals surface area (Å²) in [6.45, 7) is 4.57. The molecule has 1 rings (SSSR count). The Morgan fingerprint density at radius 3 is 2.42 bits per heavy atom. The summed E-state index contributed by atoms with van der Waals surface area (Å²) in [4.78, 5) is 36.7. The van der Waals surface area contributed by atoms with Crippen LogP contribution in [0.1, 0.15) is 26.3 Å². The molecular weight excluding hydrogens is 327 g/mol. The van der Waals surface area contributed by atoms with Gasteiger partial charge < -0.3 is 14.8 Å². The van der Waals surface area contributed by atoms with E-state index in [1.54, 1.807) is 20.8 Å². The Morgan fingerprint density at radius 2 is 1.92 bits per heavy atom. The number of halogens is 3. The van der Waals surface area contributed by atoms with Crippen molar-refractivity contribution in [1.29, 1.82) is 0 Å². The summed E-state index contributed by atoms with van der Waals surface area (Å²) in [5.41, 5.74) is -1.74. The van der Waals surface area contributed by atoms with E-state index in [1.807, 2.05) is 0 Å². The molecule has 1 aromatic rings. The van der Waals surface area contributed by atoms with Crippen molar-refractivity contribution in [2.75, 3.05) is 13.1 Å². The van der Waals surface area contributed by atoms with Crippen molar-refractivity contribution in [2.24, 2.45) is 0 Å². The highest BCUT2D eigenvalue weighted by Gasteiger charge is 2.31. The zero-order chi connectivity index (χ0) is 18.5. The van der Waals surface area contributed by atoms with Crippen molar-refractivity contribution in [1.82, 2.24) is 14.8 Å². The van der Waals surface area contributed by atoms with Gasteiger partial charge in [-0.05, 0) is 26.8 Å². The average Bonchev–Trinajstić information content (AvgIpc) is 2.44. The maximum Gasteiger partial charge on any atom is 0.417 e. The molecule has 0 aliphatic heterocycles. The lowest BCUT2D eigenvalue weighted by Crippen LogP contribution is -2.44. The highest BCUT2D eigenvalue weighted by atomic mass is 19.4. The third-order valence-electron chi connectivity index (χ3n) is 3.13. The molecule has 0 spiro atoms. The Bertz CT molecular complexity index is 653. The number of alkyl halides is 3. The topological polar surface area (TPSA) is 71.4 Å². The summed E-state index contributed by atoms with van der Waals surface area (Å²) >= 11 is 0. The lowest BCUT2D eigenvalue weighted by atomic mass is 10.2. The predicted molar refractivity (Wildman–Crippen MR) is 81.2 cm³/mol. The van der Waals surface area contributed by atoms with Gasteiger partial charge >= 0.3 is 6.18 Å². The molecule has 2 amide bonds. The van der Waals surface area contributed by atoms with Gasteiger partial charge in [0, 0.05) is 24.8 Å². The van der Waals surface area contributed by atoms with Crippen molar-refractivity contribution in [3.8, 4) is 0 Å². The van der Waals surface area contributed by atoms with Gasteiger partial charge in [-0.1, -0.05) is 0 Å². The van der Waals surface area contributed by atoms with Crippen LogP contribution in [0.25, 0.3) is 0 Å². The van der Waals surface area contributed by atoms with E-state index in [-0.39, 0.29) is 25.0 Å². The molecule has 1 N–H and O–H groups in total. The van der Waals surface area contributed by atoms with Gasteiger partial charge in [-0.2, -0.15) is 13.2 Å². The second-order valence-electron chi connectivity index (χ2n) is 5.51. The fourth-order valence-corrected chi connectivity index (χ4v) is 1.99. The summed E-state index contributed by atoms with van der Waals surface area (Å²) in [6, 6.07) is 1.33. The van der Waals surface area contributed by atoms with E-state index in [0.717, 1.165) is 6.07 Å². The smallest absolute Gasteiger partial charge is 0.352 e. The van der Waals surface area contributed by atoms with Gasteiger partial charge in [0.25, 0.3) is 5.56 Å². The third-order valence-corrected chi connectivity index (χ3v) is 3.13. The van der Waals surface area contributed by atoms with Crippen molar-refractivity contribution in [3.63, 3.8) is 0 Å².